The molecule has 0 bridgehead atoms. The second kappa shape index (κ2) is 5.37. The van der Waals surface area contributed by atoms with Gasteiger partial charge in [-0.25, -0.2) is 0 Å². The predicted molar refractivity (Wildman–Crippen MR) is 74.1 cm³/mol. The van der Waals surface area contributed by atoms with Gasteiger partial charge in [0, 0.05) is 23.5 Å². The number of aromatic nitrogens is 1. The number of fused-ring (bicyclic) bond motifs is 1. The largest absolute Gasteiger partial charge is 0.478 e. The van der Waals surface area contributed by atoms with E-state index in [0.29, 0.717) is 11.0 Å². The van der Waals surface area contributed by atoms with Gasteiger partial charge in [-0.15, -0.1) is 0 Å². The summed E-state index contributed by atoms with van der Waals surface area (Å²) >= 11 is 6.45. The van der Waals surface area contributed by atoms with Gasteiger partial charge in [-0.2, -0.15) is 0 Å². The summed E-state index contributed by atoms with van der Waals surface area (Å²) in [6, 6.07) is 8.27. The van der Waals surface area contributed by atoms with Crippen LogP contribution in [0.5, 0.6) is 0 Å². The molecule has 1 aromatic heterocycles. The Balaban J connectivity index is 2.02. The Morgan fingerprint density at radius 2 is 2.25 bits per heavy atom. The highest BCUT2D eigenvalue weighted by atomic mass is 32.2. The van der Waals surface area contributed by atoms with Crippen LogP contribution in [0.3, 0.4) is 0 Å². The Kier molecular flexibility index (Phi) is 3.85. The molecule has 0 aliphatic heterocycles. The first-order valence-electron chi connectivity index (χ1n) is 5.07. The number of nitrogens with one attached hydrogen (secondary N) is 1. The lowest BCUT2D eigenvalue weighted by atomic mass is 10.1. The standard InChI is InChI=1S/C12H13NOS2/c1-16-12(15)14-7-6-9-8-13-11-5-3-2-4-10(9)11/h2-5,8,13H,6-7H2,1H3. The first-order valence-corrected chi connectivity index (χ1v) is 6.70. The first kappa shape index (κ1) is 11.5. The molecule has 0 saturated heterocycles. The number of hydrogen-bond donors (Lipinski definition) is 1. The van der Waals surface area contributed by atoms with Crippen molar-refractivity contribution in [1.82, 2.24) is 4.98 Å². The van der Waals surface area contributed by atoms with Crippen molar-refractivity contribution in [2.75, 3.05) is 12.9 Å². The fourth-order valence-corrected chi connectivity index (χ4v) is 1.93. The Hall–Kier alpha value is -1.00. The Bertz CT molecular complexity index is 492. The van der Waals surface area contributed by atoms with Gasteiger partial charge in [-0.05, 0) is 30.1 Å². The molecule has 16 heavy (non-hydrogen) atoms. The zero-order chi connectivity index (χ0) is 11.4. The monoisotopic (exact) mass is 251 g/mol. The Morgan fingerprint density at radius 3 is 3.06 bits per heavy atom. The van der Waals surface area contributed by atoms with E-state index in [1.165, 1.54) is 28.2 Å². The van der Waals surface area contributed by atoms with Crippen LogP contribution in [0.15, 0.2) is 30.5 Å². The third-order valence-electron chi connectivity index (χ3n) is 2.43. The minimum Gasteiger partial charge on any atom is -0.478 e. The van der Waals surface area contributed by atoms with Crippen molar-refractivity contribution in [3.8, 4) is 0 Å². The average Bonchev–Trinajstić information content (AvgIpc) is 2.73. The van der Waals surface area contributed by atoms with Crippen molar-refractivity contribution in [1.29, 1.82) is 0 Å². The third kappa shape index (κ3) is 2.57. The Morgan fingerprint density at radius 1 is 1.44 bits per heavy atom. The summed E-state index contributed by atoms with van der Waals surface area (Å²) in [4.78, 5) is 3.25. The average molecular weight is 251 g/mol. The van der Waals surface area contributed by atoms with Crippen LogP contribution >= 0.6 is 24.0 Å². The van der Waals surface area contributed by atoms with Gasteiger partial charge in [0.15, 0.2) is 0 Å². The van der Waals surface area contributed by atoms with Gasteiger partial charge < -0.3 is 9.72 Å². The molecule has 0 saturated carbocycles. The fourth-order valence-electron chi connectivity index (χ4n) is 1.64. The summed E-state index contributed by atoms with van der Waals surface area (Å²) in [5.74, 6) is 0. The van der Waals surface area contributed by atoms with E-state index in [-0.39, 0.29) is 0 Å². The molecule has 84 valence electrons. The number of thioether (sulfide) groups is 1. The van der Waals surface area contributed by atoms with Crippen LogP contribution < -0.4 is 0 Å². The molecular weight excluding hydrogens is 238 g/mol. The van der Waals surface area contributed by atoms with Gasteiger partial charge >= 0.3 is 0 Å². The number of ether oxygens (including phenoxy) is 1. The molecule has 0 fully saturated rings. The summed E-state index contributed by atoms with van der Waals surface area (Å²) in [5.41, 5.74) is 2.45. The molecule has 1 aromatic carbocycles. The summed E-state index contributed by atoms with van der Waals surface area (Å²) in [7, 11) is 0. The van der Waals surface area contributed by atoms with Crippen LogP contribution in [0.25, 0.3) is 10.9 Å². The van der Waals surface area contributed by atoms with E-state index in [0.717, 1.165) is 6.42 Å². The zero-order valence-electron chi connectivity index (χ0n) is 9.03. The summed E-state index contributed by atoms with van der Waals surface area (Å²) < 4.78 is 6.00. The second-order valence-electron chi connectivity index (χ2n) is 3.41. The minimum absolute atomic E-state index is 0.611. The Labute approximate surface area is 104 Å². The highest BCUT2D eigenvalue weighted by molar-refractivity contribution is 8.22. The lowest BCUT2D eigenvalue weighted by Crippen LogP contribution is -2.01. The molecule has 0 radical (unpaired) electrons. The van der Waals surface area contributed by atoms with Crippen molar-refractivity contribution in [3.63, 3.8) is 0 Å². The van der Waals surface area contributed by atoms with E-state index in [1.807, 2.05) is 24.6 Å². The molecule has 1 heterocycles. The van der Waals surface area contributed by atoms with Crippen molar-refractivity contribution in [2.24, 2.45) is 0 Å². The lowest BCUT2D eigenvalue weighted by molar-refractivity contribution is 0.327. The molecule has 0 atom stereocenters. The van der Waals surface area contributed by atoms with Crippen LogP contribution in [0.4, 0.5) is 0 Å². The molecule has 2 aromatic rings. The molecule has 0 unspecified atom stereocenters. The molecule has 0 aliphatic carbocycles. The van der Waals surface area contributed by atoms with Crippen LogP contribution in [0, 0.1) is 0 Å². The molecule has 1 N–H and O–H groups in total. The van der Waals surface area contributed by atoms with Gasteiger partial charge in [0.05, 0.1) is 6.61 Å². The second-order valence-corrected chi connectivity index (χ2v) is 4.82. The van der Waals surface area contributed by atoms with Gasteiger partial charge in [0.1, 0.15) is 0 Å². The smallest absolute Gasteiger partial charge is 0.219 e. The maximum Gasteiger partial charge on any atom is 0.219 e. The van der Waals surface area contributed by atoms with Crippen LogP contribution in [-0.2, 0) is 11.2 Å². The lowest BCUT2D eigenvalue weighted by Gasteiger charge is -2.03. The maximum absolute atomic E-state index is 5.39. The number of benzene rings is 1. The minimum atomic E-state index is 0.611. The van der Waals surface area contributed by atoms with E-state index in [2.05, 4.69) is 17.1 Å². The number of aromatic amines is 1. The zero-order valence-corrected chi connectivity index (χ0v) is 10.7. The number of para-hydroxylation sites is 1. The predicted octanol–water partition coefficient (Wildman–Crippen LogP) is 3.37. The van der Waals surface area contributed by atoms with Gasteiger partial charge in [-0.3, -0.25) is 0 Å². The number of thiocarbonyl (C=S) groups is 1. The van der Waals surface area contributed by atoms with E-state index in [1.54, 1.807) is 0 Å². The normalized spacial score (nSPS) is 10.6. The van der Waals surface area contributed by atoms with Crippen LogP contribution in [0.2, 0.25) is 0 Å². The number of hydrogen-bond acceptors (Lipinski definition) is 3. The fraction of sp³-hybridized carbons (Fsp3) is 0.250. The molecule has 2 nitrogen and oxygen atoms in total. The van der Waals surface area contributed by atoms with Crippen molar-refractivity contribution >= 4 is 39.3 Å². The van der Waals surface area contributed by atoms with E-state index in [4.69, 9.17) is 17.0 Å². The molecule has 0 aliphatic rings. The molecular formula is C12H13NOS2. The molecule has 0 amide bonds. The van der Waals surface area contributed by atoms with Crippen LogP contribution in [0.1, 0.15) is 5.56 Å². The van der Waals surface area contributed by atoms with Gasteiger partial charge in [0.2, 0.25) is 4.38 Å². The van der Waals surface area contributed by atoms with Crippen molar-refractivity contribution in [3.05, 3.63) is 36.0 Å². The quantitative estimate of drug-likeness (QED) is 0.847. The van der Waals surface area contributed by atoms with Crippen LogP contribution in [-0.4, -0.2) is 22.2 Å². The SMILES string of the molecule is CSC(=S)OCCc1c[nH]c2ccccc12. The van der Waals surface area contributed by atoms with E-state index >= 15 is 0 Å². The topological polar surface area (TPSA) is 25.0 Å². The third-order valence-corrected chi connectivity index (χ3v) is 3.50. The van der Waals surface area contributed by atoms with E-state index < -0.39 is 0 Å². The van der Waals surface area contributed by atoms with Gasteiger partial charge in [0.25, 0.3) is 0 Å². The number of rotatable bonds is 3. The maximum atomic E-state index is 5.39. The number of H-pyrrole nitrogens is 1. The van der Waals surface area contributed by atoms with Crippen molar-refractivity contribution in [2.45, 2.75) is 6.42 Å². The summed E-state index contributed by atoms with van der Waals surface area (Å²) in [6.45, 7) is 0.640. The highest BCUT2D eigenvalue weighted by Gasteiger charge is 2.03. The molecule has 2 rings (SSSR count). The summed E-state index contributed by atoms with van der Waals surface area (Å²) in [6.07, 6.45) is 4.84. The molecule has 4 heteroatoms. The first-order chi connectivity index (χ1) is 7.81. The highest BCUT2D eigenvalue weighted by Crippen LogP contribution is 2.18. The van der Waals surface area contributed by atoms with E-state index in [9.17, 15) is 0 Å². The molecule has 0 spiro atoms. The van der Waals surface area contributed by atoms with Gasteiger partial charge in [-0.1, -0.05) is 30.0 Å². The van der Waals surface area contributed by atoms with Crippen molar-refractivity contribution < 1.29 is 4.74 Å². The summed E-state index contributed by atoms with van der Waals surface area (Å²) in [5, 5.41) is 1.26.